The van der Waals surface area contributed by atoms with Crippen LogP contribution in [0.1, 0.15) is 17.0 Å². The van der Waals surface area contributed by atoms with Crippen molar-refractivity contribution in [2.24, 2.45) is 0 Å². The van der Waals surface area contributed by atoms with Crippen LogP contribution in [0.25, 0.3) is 0 Å². The first kappa shape index (κ1) is 11.4. The molecule has 0 unspecified atom stereocenters. The van der Waals surface area contributed by atoms with Gasteiger partial charge < -0.3 is 5.73 Å². The van der Waals surface area contributed by atoms with Crippen molar-refractivity contribution < 1.29 is 0 Å². The van der Waals surface area contributed by atoms with Gasteiger partial charge in [0.05, 0.1) is 6.20 Å². The highest BCUT2D eigenvalue weighted by Crippen LogP contribution is 2.14. The Kier molecular flexibility index (Phi) is 3.22. The van der Waals surface area contributed by atoms with E-state index in [9.17, 15) is 0 Å². The molecule has 0 amide bonds. The molecule has 4 nitrogen and oxygen atoms in total. The molecule has 5 heteroatoms. The Morgan fingerprint density at radius 1 is 1.41 bits per heavy atom. The van der Waals surface area contributed by atoms with Crippen LogP contribution in [0.5, 0.6) is 0 Å². The molecule has 0 saturated carbocycles. The van der Waals surface area contributed by atoms with Gasteiger partial charge in [0.2, 0.25) is 0 Å². The highest BCUT2D eigenvalue weighted by Gasteiger charge is 2.04. The van der Waals surface area contributed by atoms with Crippen LogP contribution >= 0.6 is 11.6 Å². The highest BCUT2D eigenvalue weighted by molar-refractivity contribution is 6.30. The topological polar surface area (TPSA) is 75.6 Å². The molecule has 0 bridgehead atoms. The minimum atomic E-state index is 0.208. The number of nitrogens with zero attached hydrogens (tertiary/aromatic N) is 3. The zero-order valence-corrected chi connectivity index (χ0v) is 9.65. The maximum atomic E-state index is 8.71. The lowest BCUT2D eigenvalue weighted by Gasteiger charge is -2.02. The van der Waals surface area contributed by atoms with Crippen molar-refractivity contribution in [2.75, 3.05) is 5.73 Å². The fraction of sp³-hybridized carbons (Fsp3) is 0.0833. The van der Waals surface area contributed by atoms with Gasteiger partial charge in [-0.15, -0.1) is 0 Å². The van der Waals surface area contributed by atoms with Crippen LogP contribution in [0.15, 0.2) is 30.5 Å². The molecule has 2 N–H and O–H groups in total. The Morgan fingerprint density at radius 2 is 2.24 bits per heavy atom. The quantitative estimate of drug-likeness (QED) is 0.879. The molecule has 2 aromatic rings. The zero-order valence-electron chi connectivity index (χ0n) is 8.89. The molecule has 0 radical (unpaired) electrons. The number of nitrogens with two attached hydrogens (primary N) is 1. The summed E-state index contributed by atoms with van der Waals surface area (Å²) in [5.41, 5.74) is 6.91. The molecule has 1 heterocycles. The Labute approximate surface area is 104 Å². The monoisotopic (exact) mass is 244 g/mol. The van der Waals surface area contributed by atoms with Gasteiger partial charge >= 0.3 is 0 Å². The number of rotatable bonds is 2. The normalized spacial score (nSPS) is 9.88. The SMILES string of the molecule is N#Cc1cnc(Cc2cccc(Cl)c2)nc1N. The van der Waals surface area contributed by atoms with Crippen molar-refractivity contribution in [3.05, 3.63) is 52.4 Å². The summed E-state index contributed by atoms with van der Waals surface area (Å²) in [5, 5.41) is 9.38. The van der Waals surface area contributed by atoms with Gasteiger partial charge in [0, 0.05) is 11.4 Å². The molecule has 1 aromatic heterocycles. The van der Waals surface area contributed by atoms with Crippen molar-refractivity contribution in [1.82, 2.24) is 9.97 Å². The van der Waals surface area contributed by atoms with Crippen LogP contribution in [-0.2, 0) is 6.42 Å². The largest absolute Gasteiger partial charge is 0.382 e. The molecule has 2 rings (SSSR count). The second-order valence-electron chi connectivity index (χ2n) is 3.50. The Balaban J connectivity index is 2.25. The van der Waals surface area contributed by atoms with Crippen LogP contribution < -0.4 is 5.73 Å². The van der Waals surface area contributed by atoms with Gasteiger partial charge in [-0.2, -0.15) is 5.26 Å². The van der Waals surface area contributed by atoms with Crippen molar-refractivity contribution >= 4 is 17.4 Å². The predicted octanol–water partition coefficient (Wildman–Crippen LogP) is 2.17. The first-order chi connectivity index (χ1) is 8.19. The van der Waals surface area contributed by atoms with Gasteiger partial charge in [0.25, 0.3) is 0 Å². The summed E-state index contributed by atoms with van der Waals surface area (Å²) < 4.78 is 0. The molecule has 0 saturated heterocycles. The number of hydrogen-bond donors (Lipinski definition) is 1. The van der Waals surface area contributed by atoms with E-state index in [0.29, 0.717) is 22.8 Å². The van der Waals surface area contributed by atoms with Crippen LogP contribution in [0.2, 0.25) is 5.02 Å². The van der Waals surface area contributed by atoms with Gasteiger partial charge in [0.1, 0.15) is 23.3 Å². The van der Waals surface area contributed by atoms with Crippen molar-refractivity contribution in [1.29, 1.82) is 5.26 Å². The number of nitriles is 1. The lowest BCUT2D eigenvalue weighted by Crippen LogP contribution is -2.02. The van der Waals surface area contributed by atoms with E-state index in [0.717, 1.165) is 5.56 Å². The molecule has 17 heavy (non-hydrogen) atoms. The maximum Gasteiger partial charge on any atom is 0.145 e. The third-order valence-electron chi connectivity index (χ3n) is 2.24. The van der Waals surface area contributed by atoms with Gasteiger partial charge in [-0.1, -0.05) is 23.7 Å². The lowest BCUT2D eigenvalue weighted by molar-refractivity contribution is 0.970. The van der Waals surface area contributed by atoms with E-state index in [2.05, 4.69) is 9.97 Å². The van der Waals surface area contributed by atoms with Crippen molar-refractivity contribution in [3.63, 3.8) is 0 Å². The lowest BCUT2D eigenvalue weighted by atomic mass is 10.1. The first-order valence-corrected chi connectivity index (χ1v) is 5.33. The van der Waals surface area contributed by atoms with E-state index in [1.54, 1.807) is 6.07 Å². The molecular weight excluding hydrogens is 236 g/mol. The molecule has 0 atom stereocenters. The summed E-state index contributed by atoms with van der Waals surface area (Å²) in [6, 6.07) is 9.38. The molecule has 0 spiro atoms. The molecule has 0 aliphatic heterocycles. The average Bonchev–Trinajstić information content (AvgIpc) is 2.29. The summed E-state index contributed by atoms with van der Waals surface area (Å²) in [4.78, 5) is 8.15. The fourth-order valence-corrected chi connectivity index (χ4v) is 1.65. The Bertz CT molecular complexity index is 589. The average molecular weight is 245 g/mol. The van der Waals surface area contributed by atoms with Crippen LogP contribution in [0.3, 0.4) is 0 Å². The predicted molar refractivity (Wildman–Crippen MR) is 65.4 cm³/mol. The van der Waals surface area contributed by atoms with E-state index >= 15 is 0 Å². The second kappa shape index (κ2) is 4.81. The second-order valence-corrected chi connectivity index (χ2v) is 3.94. The van der Waals surface area contributed by atoms with E-state index in [-0.39, 0.29) is 5.82 Å². The molecule has 1 aromatic carbocycles. The summed E-state index contributed by atoms with van der Waals surface area (Å²) in [5.74, 6) is 0.781. The van der Waals surface area contributed by atoms with Crippen LogP contribution in [-0.4, -0.2) is 9.97 Å². The van der Waals surface area contributed by atoms with Crippen LogP contribution in [0, 0.1) is 11.3 Å². The number of hydrogen-bond acceptors (Lipinski definition) is 4. The minimum absolute atomic E-state index is 0.208. The summed E-state index contributed by atoms with van der Waals surface area (Å²) in [6.07, 6.45) is 1.97. The molecule has 0 fully saturated rings. The molecule has 84 valence electrons. The first-order valence-electron chi connectivity index (χ1n) is 4.95. The number of halogens is 1. The number of anilines is 1. The third-order valence-corrected chi connectivity index (χ3v) is 2.47. The van der Waals surface area contributed by atoms with Gasteiger partial charge in [0.15, 0.2) is 0 Å². The van der Waals surface area contributed by atoms with Gasteiger partial charge in [-0.05, 0) is 17.7 Å². The summed E-state index contributed by atoms with van der Waals surface area (Å²) >= 11 is 5.88. The van der Waals surface area contributed by atoms with Crippen molar-refractivity contribution in [2.45, 2.75) is 6.42 Å². The molecule has 0 aliphatic rings. The molecule has 0 aliphatic carbocycles. The van der Waals surface area contributed by atoms with Crippen molar-refractivity contribution in [3.8, 4) is 6.07 Å². The smallest absolute Gasteiger partial charge is 0.145 e. The third kappa shape index (κ3) is 2.71. The number of aromatic nitrogens is 2. The van der Waals surface area contributed by atoms with E-state index in [1.165, 1.54) is 6.20 Å². The van der Waals surface area contributed by atoms with Gasteiger partial charge in [-0.3, -0.25) is 0 Å². The van der Waals surface area contributed by atoms with E-state index in [4.69, 9.17) is 22.6 Å². The van der Waals surface area contributed by atoms with Crippen LogP contribution in [0.4, 0.5) is 5.82 Å². The summed E-state index contributed by atoms with van der Waals surface area (Å²) in [6.45, 7) is 0. The molecular formula is C12H9ClN4. The highest BCUT2D eigenvalue weighted by atomic mass is 35.5. The Hall–Kier alpha value is -2.12. The number of nitrogen functional groups attached to an aromatic ring is 1. The fourth-order valence-electron chi connectivity index (χ4n) is 1.43. The minimum Gasteiger partial charge on any atom is -0.382 e. The van der Waals surface area contributed by atoms with E-state index in [1.807, 2.05) is 24.3 Å². The van der Waals surface area contributed by atoms with Gasteiger partial charge in [-0.25, -0.2) is 9.97 Å². The summed E-state index contributed by atoms with van der Waals surface area (Å²) in [7, 11) is 0. The Morgan fingerprint density at radius 3 is 2.88 bits per heavy atom. The standard InChI is InChI=1S/C12H9ClN4/c13-10-3-1-2-8(4-10)5-11-16-7-9(6-14)12(15)17-11/h1-4,7H,5H2,(H2,15,16,17). The zero-order chi connectivity index (χ0) is 12.3. The maximum absolute atomic E-state index is 8.71. The number of benzene rings is 1. The van der Waals surface area contributed by atoms with E-state index < -0.39 is 0 Å².